The molecular formula is C15H19FN2S. The van der Waals surface area contributed by atoms with E-state index in [0.717, 1.165) is 41.2 Å². The van der Waals surface area contributed by atoms with Crippen molar-refractivity contribution in [2.75, 3.05) is 7.05 Å². The van der Waals surface area contributed by atoms with Gasteiger partial charge in [-0.3, -0.25) is 0 Å². The highest BCUT2D eigenvalue weighted by Gasteiger charge is 2.12. The molecule has 102 valence electrons. The number of nitrogens with one attached hydrogen (secondary N) is 1. The van der Waals surface area contributed by atoms with E-state index in [-0.39, 0.29) is 5.82 Å². The third-order valence-electron chi connectivity index (χ3n) is 2.89. The van der Waals surface area contributed by atoms with E-state index in [1.807, 2.05) is 20.0 Å². The van der Waals surface area contributed by atoms with E-state index >= 15 is 0 Å². The average molecular weight is 278 g/mol. The highest BCUT2D eigenvalue weighted by atomic mass is 32.1. The van der Waals surface area contributed by atoms with Crippen molar-refractivity contribution in [3.05, 3.63) is 40.2 Å². The van der Waals surface area contributed by atoms with Crippen molar-refractivity contribution in [1.29, 1.82) is 0 Å². The van der Waals surface area contributed by atoms with Crippen LogP contribution in [0.3, 0.4) is 0 Å². The van der Waals surface area contributed by atoms with E-state index in [0.29, 0.717) is 0 Å². The van der Waals surface area contributed by atoms with Crippen LogP contribution in [0.2, 0.25) is 0 Å². The average Bonchev–Trinajstić information content (AvgIpc) is 2.72. The predicted molar refractivity (Wildman–Crippen MR) is 79.0 cm³/mol. The molecule has 0 fully saturated rings. The lowest BCUT2D eigenvalue weighted by Gasteiger charge is -1.99. The maximum absolute atomic E-state index is 13.5. The first-order chi connectivity index (χ1) is 9.13. The maximum atomic E-state index is 13.5. The fourth-order valence-corrected chi connectivity index (χ4v) is 3.20. The zero-order valence-electron chi connectivity index (χ0n) is 11.6. The van der Waals surface area contributed by atoms with Gasteiger partial charge in [-0.2, -0.15) is 0 Å². The molecule has 0 aliphatic heterocycles. The highest BCUT2D eigenvalue weighted by Crippen LogP contribution is 2.30. The molecule has 0 aliphatic rings. The lowest BCUT2D eigenvalue weighted by Crippen LogP contribution is -2.05. The number of hydrogen-bond acceptors (Lipinski definition) is 3. The molecule has 19 heavy (non-hydrogen) atoms. The van der Waals surface area contributed by atoms with Gasteiger partial charge in [0, 0.05) is 17.0 Å². The summed E-state index contributed by atoms with van der Waals surface area (Å²) in [4.78, 5) is 5.93. The summed E-state index contributed by atoms with van der Waals surface area (Å²) in [6.07, 6.45) is 2.05. The molecule has 2 aromatic rings. The van der Waals surface area contributed by atoms with Crippen molar-refractivity contribution >= 4 is 11.3 Å². The van der Waals surface area contributed by atoms with E-state index < -0.39 is 0 Å². The van der Waals surface area contributed by atoms with Crippen LogP contribution in [0.25, 0.3) is 10.6 Å². The molecule has 1 heterocycles. The smallest absolute Gasteiger partial charge is 0.124 e. The van der Waals surface area contributed by atoms with Crippen molar-refractivity contribution in [2.45, 2.75) is 33.2 Å². The monoisotopic (exact) mass is 278 g/mol. The van der Waals surface area contributed by atoms with E-state index in [1.165, 1.54) is 4.88 Å². The molecule has 0 atom stereocenters. The summed E-state index contributed by atoms with van der Waals surface area (Å²) in [5.74, 6) is -0.197. The molecule has 1 aromatic heterocycles. The van der Waals surface area contributed by atoms with Gasteiger partial charge < -0.3 is 5.32 Å². The number of aromatic nitrogens is 1. The van der Waals surface area contributed by atoms with E-state index in [2.05, 4.69) is 17.2 Å². The number of aryl methyl sites for hydroxylation is 2. The van der Waals surface area contributed by atoms with Crippen LogP contribution in [0.4, 0.5) is 4.39 Å². The molecule has 0 aliphatic carbocycles. The molecule has 0 unspecified atom stereocenters. The van der Waals surface area contributed by atoms with Crippen molar-refractivity contribution in [3.63, 3.8) is 0 Å². The Balaban J connectivity index is 2.41. The van der Waals surface area contributed by atoms with Crippen LogP contribution in [0.5, 0.6) is 0 Å². The minimum atomic E-state index is -0.197. The number of nitrogens with zero attached hydrogens (tertiary/aromatic N) is 1. The van der Waals surface area contributed by atoms with Gasteiger partial charge in [-0.15, -0.1) is 11.3 Å². The summed E-state index contributed by atoms with van der Waals surface area (Å²) in [7, 11) is 1.93. The third kappa shape index (κ3) is 3.39. The van der Waals surface area contributed by atoms with Crippen LogP contribution in [0, 0.1) is 12.7 Å². The van der Waals surface area contributed by atoms with Gasteiger partial charge in [-0.05, 0) is 44.2 Å². The fourth-order valence-electron chi connectivity index (χ4n) is 2.10. The van der Waals surface area contributed by atoms with Crippen LogP contribution >= 0.6 is 11.3 Å². The second-order valence-corrected chi connectivity index (χ2v) is 5.77. The minimum absolute atomic E-state index is 0.197. The maximum Gasteiger partial charge on any atom is 0.124 e. The van der Waals surface area contributed by atoms with Crippen molar-refractivity contribution < 1.29 is 4.39 Å². The Labute approximate surface area is 117 Å². The van der Waals surface area contributed by atoms with E-state index in [9.17, 15) is 4.39 Å². The molecule has 2 rings (SSSR count). The highest BCUT2D eigenvalue weighted by molar-refractivity contribution is 7.15. The molecule has 0 saturated heterocycles. The summed E-state index contributed by atoms with van der Waals surface area (Å²) in [5, 5.41) is 4.08. The van der Waals surface area contributed by atoms with Crippen molar-refractivity contribution in [3.8, 4) is 10.6 Å². The molecule has 1 N–H and O–H groups in total. The Kier molecular flexibility index (Phi) is 4.66. The number of benzene rings is 1. The second-order valence-electron chi connectivity index (χ2n) is 4.69. The topological polar surface area (TPSA) is 24.9 Å². The van der Waals surface area contributed by atoms with Crippen LogP contribution in [0.1, 0.15) is 29.5 Å². The fraction of sp³-hybridized carbons (Fsp3) is 0.400. The van der Waals surface area contributed by atoms with Crippen molar-refractivity contribution in [2.24, 2.45) is 0 Å². The Hall–Kier alpha value is -1.26. The van der Waals surface area contributed by atoms with Crippen LogP contribution < -0.4 is 5.32 Å². The molecule has 4 heteroatoms. The predicted octanol–water partition coefficient (Wildman–Crippen LogP) is 3.93. The zero-order valence-corrected chi connectivity index (χ0v) is 12.4. The van der Waals surface area contributed by atoms with Crippen LogP contribution in [-0.4, -0.2) is 12.0 Å². The number of thiazole rings is 1. The van der Waals surface area contributed by atoms with Crippen molar-refractivity contribution in [1.82, 2.24) is 10.3 Å². The number of halogens is 1. The minimum Gasteiger partial charge on any atom is -0.315 e. The Morgan fingerprint density at radius 2 is 2.11 bits per heavy atom. The van der Waals surface area contributed by atoms with Gasteiger partial charge in [0.05, 0.1) is 5.69 Å². The molecule has 0 amide bonds. The number of hydrogen-bond donors (Lipinski definition) is 1. The van der Waals surface area contributed by atoms with Gasteiger partial charge in [0.25, 0.3) is 0 Å². The quantitative estimate of drug-likeness (QED) is 0.896. The molecule has 0 radical (unpaired) electrons. The molecule has 0 bridgehead atoms. The Morgan fingerprint density at radius 3 is 2.74 bits per heavy atom. The molecular weight excluding hydrogens is 259 g/mol. The number of rotatable bonds is 5. The summed E-state index contributed by atoms with van der Waals surface area (Å²) < 4.78 is 13.5. The summed E-state index contributed by atoms with van der Waals surface area (Å²) in [6.45, 7) is 4.87. The Bertz CT molecular complexity index is 520. The van der Waals surface area contributed by atoms with E-state index in [1.54, 1.807) is 23.5 Å². The largest absolute Gasteiger partial charge is 0.315 e. The molecule has 1 aromatic carbocycles. The van der Waals surface area contributed by atoms with Gasteiger partial charge in [0.2, 0.25) is 0 Å². The molecule has 0 spiro atoms. The SMILES string of the molecule is CCCc1nc(-c2cc(C)cc(F)c2)sc1CNC. The van der Waals surface area contributed by atoms with Gasteiger partial charge in [-0.1, -0.05) is 13.3 Å². The first kappa shape index (κ1) is 14.2. The van der Waals surface area contributed by atoms with Crippen LogP contribution in [-0.2, 0) is 13.0 Å². The lowest BCUT2D eigenvalue weighted by atomic mass is 10.1. The van der Waals surface area contributed by atoms with Gasteiger partial charge in [-0.25, -0.2) is 9.37 Å². The lowest BCUT2D eigenvalue weighted by molar-refractivity contribution is 0.627. The normalized spacial score (nSPS) is 10.9. The van der Waals surface area contributed by atoms with Gasteiger partial charge in [0.1, 0.15) is 10.8 Å². The summed E-state index contributed by atoms with van der Waals surface area (Å²) >= 11 is 1.65. The first-order valence-electron chi connectivity index (χ1n) is 6.54. The van der Waals surface area contributed by atoms with Gasteiger partial charge in [0.15, 0.2) is 0 Å². The standard InChI is InChI=1S/C15H19FN2S/c1-4-5-13-14(9-17-3)19-15(18-13)11-6-10(2)7-12(16)8-11/h6-8,17H,4-5,9H2,1-3H3. The first-order valence-corrected chi connectivity index (χ1v) is 7.36. The zero-order chi connectivity index (χ0) is 13.8. The van der Waals surface area contributed by atoms with E-state index in [4.69, 9.17) is 0 Å². The third-order valence-corrected chi connectivity index (χ3v) is 4.04. The summed E-state index contributed by atoms with van der Waals surface area (Å²) in [5.41, 5.74) is 2.94. The molecule has 2 nitrogen and oxygen atoms in total. The Morgan fingerprint density at radius 1 is 1.32 bits per heavy atom. The second kappa shape index (κ2) is 6.26. The van der Waals surface area contributed by atoms with Crippen LogP contribution in [0.15, 0.2) is 18.2 Å². The van der Waals surface area contributed by atoms with Gasteiger partial charge >= 0.3 is 0 Å². The summed E-state index contributed by atoms with van der Waals surface area (Å²) in [6, 6.07) is 5.09. The molecule has 0 saturated carbocycles.